The molecule has 0 radical (unpaired) electrons. The Kier molecular flexibility index (Phi) is 7.53. The molecular weight excluding hydrogens is 242 g/mol. The van der Waals surface area contributed by atoms with Gasteiger partial charge in [-0.1, -0.05) is 6.07 Å². The number of hydrazine groups is 1. The predicted molar refractivity (Wildman–Crippen MR) is 76.7 cm³/mol. The van der Waals surface area contributed by atoms with Crippen molar-refractivity contribution in [1.29, 1.82) is 0 Å². The van der Waals surface area contributed by atoms with E-state index in [-0.39, 0.29) is 0 Å². The minimum absolute atomic E-state index is 0.687. The second kappa shape index (κ2) is 9.29. The molecule has 0 aliphatic carbocycles. The lowest BCUT2D eigenvalue weighted by atomic mass is 10.2. The minimum atomic E-state index is 0.687. The van der Waals surface area contributed by atoms with Crippen molar-refractivity contribution in [3.05, 3.63) is 30.1 Å². The van der Waals surface area contributed by atoms with Crippen LogP contribution >= 0.6 is 0 Å². The fourth-order valence-electron chi connectivity index (χ4n) is 1.60. The first-order valence-electron chi connectivity index (χ1n) is 6.39. The molecule has 1 aromatic rings. The maximum absolute atomic E-state index is 5.49. The number of likely N-dealkylation sites (N-methyl/N-ethyl adjacent to an activating group) is 1. The molecule has 19 heavy (non-hydrogen) atoms. The van der Waals surface area contributed by atoms with Crippen LogP contribution in [-0.2, 0) is 11.2 Å². The molecule has 106 valence electrons. The smallest absolute Gasteiger partial charge is 0.208 e. The van der Waals surface area contributed by atoms with Gasteiger partial charge in [0, 0.05) is 52.2 Å². The lowest BCUT2D eigenvalue weighted by Crippen LogP contribution is -2.43. The summed E-state index contributed by atoms with van der Waals surface area (Å²) in [5, 5.41) is 0. The fraction of sp³-hybridized carbons (Fsp3) is 0.538. The van der Waals surface area contributed by atoms with Crippen molar-refractivity contribution >= 4 is 5.96 Å². The summed E-state index contributed by atoms with van der Waals surface area (Å²) in [7, 11) is 3.64. The topological polar surface area (TPSA) is 75.8 Å². The Balaban J connectivity index is 2.38. The zero-order valence-electron chi connectivity index (χ0n) is 11.7. The summed E-state index contributed by atoms with van der Waals surface area (Å²) < 4.78 is 4.98. The summed E-state index contributed by atoms with van der Waals surface area (Å²) in [5.74, 6) is 6.18. The molecule has 6 nitrogen and oxygen atoms in total. The van der Waals surface area contributed by atoms with Gasteiger partial charge in [-0.05, 0) is 18.6 Å². The normalized spacial score (nSPS) is 11.4. The van der Waals surface area contributed by atoms with E-state index in [0.29, 0.717) is 19.1 Å². The summed E-state index contributed by atoms with van der Waals surface area (Å²) in [4.78, 5) is 10.7. The van der Waals surface area contributed by atoms with Crippen LogP contribution in [0.5, 0.6) is 0 Å². The molecular formula is C13H23N5O. The molecule has 6 heteroatoms. The van der Waals surface area contributed by atoms with Gasteiger partial charge in [-0.25, -0.2) is 5.84 Å². The van der Waals surface area contributed by atoms with Crippen LogP contribution < -0.4 is 11.3 Å². The van der Waals surface area contributed by atoms with Crippen LogP contribution in [0.3, 0.4) is 0 Å². The average molecular weight is 265 g/mol. The van der Waals surface area contributed by atoms with Crippen molar-refractivity contribution in [2.24, 2.45) is 10.8 Å². The van der Waals surface area contributed by atoms with Gasteiger partial charge in [-0.2, -0.15) is 0 Å². The number of nitrogens with zero attached hydrogens (tertiary/aromatic N) is 3. The third-order valence-corrected chi connectivity index (χ3v) is 2.69. The molecule has 0 fully saturated rings. The van der Waals surface area contributed by atoms with Crippen molar-refractivity contribution in [2.45, 2.75) is 12.8 Å². The Morgan fingerprint density at radius 2 is 2.37 bits per heavy atom. The van der Waals surface area contributed by atoms with Crippen LogP contribution in [0.25, 0.3) is 0 Å². The van der Waals surface area contributed by atoms with Gasteiger partial charge in [0.25, 0.3) is 0 Å². The van der Waals surface area contributed by atoms with E-state index in [1.807, 2.05) is 30.1 Å². The first kappa shape index (κ1) is 15.4. The number of methoxy groups -OCH3 is 1. The molecule has 1 heterocycles. The van der Waals surface area contributed by atoms with Gasteiger partial charge < -0.3 is 9.64 Å². The summed E-state index contributed by atoms with van der Waals surface area (Å²) in [6.07, 6.45) is 3.54. The van der Waals surface area contributed by atoms with E-state index in [2.05, 4.69) is 15.4 Å². The fourth-order valence-corrected chi connectivity index (χ4v) is 1.60. The molecule has 1 rings (SSSR count). The van der Waals surface area contributed by atoms with E-state index in [9.17, 15) is 0 Å². The van der Waals surface area contributed by atoms with E-state index >= 15 is 0 Å². The standard InChI is InChI=1S/C13H23N5O/c1-18(10-7-12-6-3-4-8-15-12)13(17-14)16-9-5-11-19-2/h3-4,6,8H,5,7,9-11,14H2,1-2H3,(H,16,17). The molecule has 0 bridgehead atoms. The highest BCUT2D eigenvalue weighted by Gasteiger charge is 2.05. The Morgan fingerprint density at radius 3 is 3.00 bits per heavy atom. The molecule has 0 amide bonds. The van der Waals surface area contributed by atoms with Gasteiger partial charge in [0.1, 0.15) is 0 Å². The molecule has 0 saturated heterocycles. The van der Waals surface area contributed by atoms with E-state index in [1.54, 1.807) is 13.3 Å². The molecule has 0 aliphatic heterocycles. The van der Waals surface area contributed by atoms with Gasteiger partial charge in [0.15, 0.2) is 0 Å². The number of rotatable bonds is 7. The number of aromatic nitrogens is 1. The summed E-state index contributed by atoms with van der Waals surface area (Å²) in [6.45, 7) is 2.21. The number of hydrogen-bond donors (Lipinski definition) is 2. The number of nitrogens with one attached hydrogen (secondary N) is 1. The van der Waals surface area contributed by atoms with Crippen molar-refractivity contribution in [3.8, 4) is 0 Å². The highest BCUT2D eigenvalue weighted by atomic mass is 16.5. The SMILES string of the molecule is COCCCN=C(NN)N(C)CCc1ccccn1. The molecule has 3 N–H and O–H groups in total. The number of hydrogen-bond acceptors (Lipinski definition) is 4. The van der Waals surface area contributed by atoms with Crippen LogP contribution in [0, 0.1) is 0 Å². The third kappa shape index (κ3) is 6.17. The van der Waals surface area contributed by atoms with E-state index in [4.69, 9.17) is 10.6 Å². The Hall–Kier alpha value is -1.66. The van der Waals surface area contributed by atoms with Gasteiger partial charge in [0.05, 0.1) is 0 Å². The molecule has 0 spiro atoms. The summed E-state index contributed by atoms with van der Waals surface area (Å²) in [6, 6.07) is 5.92. The second-order valence-corrected chi connectivity index (χ2v) is 4.19. The number of aliphatic imine (C=N–C) groups is 1. The third-order valence-electron chi connectivity index (χ3n) is 2.69. The monoisotopic (exact) mass is 265 g/mol. The number of pyridine rings is 1. The van der Waals surface area contributed by atoms with E-state index in [0.717, 1.165) is 25.1 Å². The van der Waals surface area contributed by atoms with Gasteiger partial charge in [-0.15, -0.1) is 0 Å². The lowest BCUT2D eigenvalue weighted by Gasteiger charge is -2.20. The van der Waals surface area contributed by atoms with E-state index in [1.165, 1.54) is 0 Å². The maximum Gasteiger partial charge on any atom is 0.208 e. The van der Waals surface area contributed by atoms with Crippen LogP contribution in [0.2, 0.25) is 0 Å². The molecule has 0 unspecified atom stereocenters. The number of ether oxygens (including phenoxy) is 1. The molecule has 0 saturated carbocycles. The zero-order valence-corrected chi connectivity index (χ0v) is 11.7. The highest BCUT2D eigenvalue weighted by Crippen LogP contribution is 1.97. The van der Waals surface area contributed by atoms with Crippen molar-refractivity contribution < 1.29 is 4.74 Å². The molecule has 0 aliphatic rings. The van der Waals surface area contributed by atoms with Crippen LogP contribution in [-0.4, -0.2) is 49.7 Å². The number of nitrogens with two attached hydrogens (primary N) is 1. The quantitative estimate of drug-likeness (QED) is 0.245. The minimum Gasteiger partial charge on any atom is -0.385 e. The maximum atomic E-state index is 5.49. The predicted octanol–water partition coefficient (Wildman–Crippen LogP) is 0.412. The van der Waals surface area contributed by atoms with Gasteiger partial charge in [0.2, 0.25) is 5.96 Å². The summed E-state index contributed by atoms with van der Waals surface area (Å²) >= 11 is 0. The largest absolute Gasteiger partial charge is 0.385 e. The first-order chi connectivity index (χ1) is 9.27. The second-order valence-electron chi connectivity index (χ2n) is 4.19. The Bertz CT molecular complexity index is 369. The highest BCUT2D eigenvalue weighted by molar-refractivity contribution is 5.79. The number of guanidine groups is 1. The average Bonchev–Trinajstić information content (AvgIpc) is 2.46. The van der Waals surface area contributed by atoms with Crippen LogP contribution in [0.4, 0.5) is 0 Å². The summed E-state index contributed by atoms with van der Waals surface area (Å²) in [5.41, 5.74) is 3.69. The first-order valence-corrected chi connectivity index (χ1v) is 6.39. The Labute approximate surface area is 114 Å². The van der Waals surface area contributed by atoms with Gasteiger partial charge in [-0.3, -0.25) is 15.4 Å². The molecule has 0 aromatic carbocycles. The zero-order chi connectivity index (χ0) is 13.9. The van der Waals surface area contributed by atoms with Crippen molar-refractivity contribution in [2.75, 3.05) is 33.9 Å². The molecule has 1 aromatic heterocycles. The van der Waals surface area contributed by atoms with Crippen LogP contribution in [0.1, 0.15) is 12.1 Å². The van der Waals surface area contributed by atoms with E-state index < -0.39 is 0 Å². The van der Waals surface area contributed by atoms with Crippen molar-refractivity contribution in [3.63, 3.8) is 0 Å². The van der Waals surface area contributed by atoms with Crippen LogP contribution in [0.15, 0.2) is 29.4 Å². The lowest BCUT2D eigenvalue weighted by molar-refractivity contribution is 0.197. The Morgan fingerprint density at radius 1 is 1.53 bits per heavy atom. The molecule has 0 atom stereocenters. The van der Waals surface area contributed by atoms with Crippen molar-refractivity contribution in [1.82, 2.24) is 15.3 Å². The van der Waals surface area contributed by atoms with Gasteiger partial charge >= 0.3 is 0 Å².